The molecule has 4 heterocycles. The van der Waals surface area contributed by atoms with Gasteiger partial charge in [-0.05, 0) is 18.2 Å². The first-order valence-electron chi connectivity index (χ1n) is 9.49. The van der Waals surface area contributed by atoms with Crippen LogP contribution in [0, 0.1) is 0 Å². The predicted molar refractivity (Wildman–Crippen MR) is 121 cm³/mol. The van der Waals surface area contributed by atoms with Crippen LogP contribution in [-0.4, -0.2) is 54.4 Å². The van der Waals surface area contributed by atoms with Gasteiger partial charge in [-0.1, -0.05) is 35.3 Å². The number of sulfone groups is 1. The van der Waals surface area contributed by atoms with Crippen molar-refractivity contribution in [1.82, 2.24) is 14.8 Å². The van der Waals surface area contributed by atoms with E-state index in [1.165, 1.54) is 11.6 Å². The molecule has 1 saturated heterocycles. The molecule has 1 unspecified atom stereocenters. The van der Waals surface area contributed by atoms with Gasteiger partial charge in [0.05, 0.1) is 15.5 Å². The second-order valence-corrected chi connectivity index (χ2v) is 11.2. The highest BCUT2D eigenvalue weighted by Gasteiger charge is 2.60. The molecule has 0 saturated carbocycles. The van der Waals surface area contributed by atoms with Crippen LogP contribution in [0.5, 0.6) is 0 Å². The molecule has 1 fully saturated rings. The fourth-order valence-electron chi connectivity index (χ4n) is 4.46. The zero-order valence-corrected chi connectivity index (χ0v) is 19.7. The predicted octanol–water partition coefficient (Wildman–Crippen LogP) is 3.67. The smallest absolute Gasteiger partial charge is 0.267 e. The van der Waals surface area contributed by atoms with Crippen LogP contribution in [-0.2, 0) is 15.5 Å². The third-order valence-corrected chi connectivity index (χ3v) is 8.89. The van der Waals surface area contributed by atoms with Crippen molar-refractivity contribution < 1.29 is 18.0 Å². The van der Waals surface area contributed by atoms with Crippen molar-refractivity contribution in [2.75, 3.05) is 19.3 Å². The quantitative estimate of drug-likeness (QED) is 0.539. The highest BCUT2D eigenvalue weighted by Crippen LogP contribution is 2.50. The Hall–Kier alpha value is -2.46. The number of carbonyl (C=O) groups excluding carboxylic acids is 2. The van der Waals surface area contributed by atoms with Crippen LogP contribution in [0.3, 0.4) is 0 Å². The van der Waals surface area contributed by atoms with Crippen LogP contribution in [0.15, 0.2) is 53.0 Å². The first-order valence-corrected chi connectivity index (χ1v) is 13.0. The number of halogens is 2. The summed E-state index contributed by atoms with van der Waals surface area (Å²) >= 11 is 13.4. The molecule has 0 bridgehead atoms. The van der Waals surface area contributed by atoms with Gasteiger partial charge in [-0.2, -0.15) is 0 Å². The lowest BCUT2D eigenvalue weighted by Gasteiger charge is -2.40. The number of hydrogen-bond acceptors (Lipinski definition) is 6. The van der Waals surface area contributed by atoms with E-state index >= 15 is 0 Å². The maximum absolute atomic E-state index is 13.8. The maximum atomic E-state index is 13.8. The molecular formula is C21H15Cl2N3O4S2. The lowest BCUT2D eigenvalue weighted by atomic mass is 9.91. The number of benzene rings is 1. The molecule has 2 aliphatic heterocycles. The second-order valence-electron chi connectivity index (χ2n) is 7.53. The van der Waals surface area contributed by atoms with Gasteiger partial charge in [0.25, 0.3) is 11.8 Å². The van der Waals surface area contributed by atoms with Crippen molar-refractivity contribution >= 4 is 56.2 Å². The zero-order chi connectivity index (χ0) is 22.8. The summed E-state index contributed by atoms with van der Waals surface area (Å²) in [5.41, 5.74) is 0.473. The summed E-state index contributed by atoms with van der Waals surface area (Å²) in [7, 11) is -3.60. The highest BCUT2D eigenvalue weighted by atomic mass is 35.5. The number of fused-ring (bicyclic) bond motifs is 3. The lowest BCUT2D eigenvalue weighted by Crippen LogP contribution is -2.51. The summed E-state index contributed by atoms with van der Waals surface area (Å²) in [6.07, 6.45) is 4.17. The number of hydrogen-bond donors (Lipinski definition) is 0. The fourth-order valence-corrected chi connectivity index (χ4v) is 7.44. The number of pyridine rings is 1. The van der Waals surface area contributed by atoms with Crippen molar-refractivity contribution in [2.45, 2.75) is 10.6 Å². The summed E-state index contributed by atoms with van der Waals surface area (Å²) in [4.78, 5) is 34.5. The summed E-state index contributed by atoms with van der Waals surface area (Å²) in [5.74, 6) is -0.668. The molecule has 7 nitrogen and oxygen atoms in total. The molecule has 0 aliphatic carbocycles. The van der Waals surface area contributed by atoms with Crippen LogP contribution >= 0.6 is 34.5 Å². The van der Waals surface area contributed by atoms with E-state index in [9.17, 15) is 18.0 Å². The second kappa shape index (κ2) is 7.28. The third-order valence-electron chi connectivity index (χ3n) is 5.79. The first-order chi connectivity index (χ1) is 15.2. The molecule has 0 spiro atoms. The third kappa shape index (κ3) is 2.85. The molecule has 2 aliphatic rings. The van der Waals surface area contributed by atoms with E-state index in [0.717, 1.165) is 17.6 Å². The minimum absolute atomic E-state index is 0.0892. The van der Waals surface area contributed by atoms with Crippen LogP contribution in [0.2, 0.25) is 10.0 Å². The molecule has 11 heteroatoms. The van der Waals surface area contributed by atoms with Crippen molar-refractivity contribution in [2.24, 2.45) is 0 Å². The van der Waals surface area contributed by atoms with Gasteiger partial charge >= 0.3 is 0 Å². The molecule has 1 atom stereocenters. The summed E-state index contributed by atoms with van der Waals surface area (Å²) in [6, 6.07) is 8.58. The Morgan fingerprint density at radius 3 is 2.53 bits per heavy atom. The lowest BCUT2D eigenvalue weighted by molar-refractivity contribution is 0.0378. The van der Waals surface area contributed by atoms with E-state index in [1.807, 2.05) is 0 Å². The number of carbonyl (C=O) groups is 2. The van der Waals surface area contributed by atoms with Gasteiger partial charge < -0.3 is 9.80 Å². The van der Waals surface area contributed by atoms with Crippen LogP contribution in [0.1, 0.15) is 31.2 Å². The number of thiophene rings is 1. The van der Waals surface area contributed by atoms with E-state index in [0.29, 0.717) is 28.3 Å². The van der Waals surface area contributed by atoms with Gasteiger partial charge in [0.2, 0.25) is 0 Å². The van der Waals surface area contributed by atoms with Gasteiger partial charge in [-0.25, -0.2) is 8.42 Å². The molecular weight excluding hydrogens is 493 g/mol. The Morgan fingerprint density at radius 1 is 1.16 bits per heavy atom. The Kier molecular flexibility index (Phi) is 4.86. The summed E-state index contributed by atoms with van der Waals surface area (Å²) in [5, 5.41) is 1.77. The SMILES string of the molecule is CS(=O)(=O)c1csc(C(=O)N2CCN3C(=O)c4ccncc4C32c2ccc(Cl)cc2)c1Cl. The average molecular weight is 508 g/mol. The summed E-state index contributed by atoms with van der Waals surface area (Å²) in [6.45, 7) is 0.535. The van der Waals surface area contributed by atoms with Gasteiger partial charge in [0, 0.05) is 53.3 Å². The van der Waals surface area contributed by atoms with E-state index < -0.39 is 21.4 Å². The molecule has 2 amide bonds. The Bertz CT molecular complexity index is 1390. The van der Waals surface area contributed by atoms with E-state index in [4.69, 9.17) is 23.2 Å². The molecule has 2 aromatic heterocycles. The van der Waals surface area contributed by atoms with Crippen LogP contribution in [0.25, 0.3) is 0 Å². The number of rotatable bonds is 3. The van der Waals surface area contributed by atoms with Crippen LogP contribution < -0.4 is 0 Å². The molecule has 1 aromatic carbocycles. The number of aromatic nitrogens is 1. The fraction of sp³-hybridized carbons (Fsp3) is 0.190. The minimum Gasteiger partial charge on any atom is -0.306 e. The average Bonchev–Trinajstić information content (AvgIpc) is 3.40. The van der Waals surface area contributed by atoms with Crippen molar-refractivity contribution in [1.29, 1.82) is 0 Å². The molecule has 0 N–H and O–H groups in total. The van der Waals surface area contributed by atoms with Crippen molar-refractivity contribution in [3.05, 3.63) is 79.7 Å². The topological polar surface area (TPSA) is 87.7 Å². The Morgan fingerprint density at radius 2 is 1.88 bits per heavy atom. The van der Waals surface area contributed by atoms with E-state index in [-0.39, 0.29) is 27.2 Å². The first kappa shape index (κ1) is 21.4. The minimum atomic E-state index is -3.60. The van der Waals surface area contributed by atoms with Crippen molar-refractivity contribution in [3.8, 4) is 0 Å². The number of nitrogens with zero attached hydrogens (tertiary/aromatic N) is 3. The van der Waals surface area contributed by atoms with Gasteiger partial charge in [0.15, 0.2) is 15.5 Å². The van der Waals surface area contributed by atoms with E-state index in [1.54, 1.807) is 46.3 Å². The highest BCUT2D eigenvalue weighted by molar-refractivity contribution is 7.91. The number of amides is 2. The maximum Gasteiger partial charge on any atom is 0.267 e. The zero-order valence-electron chi connectivity index (χ0n) is 16.6. The monoisotopic (exact) mass is 507 g/mol. The summed E-state index contributed by atoms with van der Waals surface area (Å²) < 4.78 is 24.1. The molecule has 0 radical (unpaired) electrons. The van der Waals surface area contributed by atoms with E-state index in [2.05, 4.69) is 4.98 Å². The van der Waals surface area contributed by atoms with Crippen LogP contribution in [0.4, 0.5) is 0 Å². The molecule has 164 valence electrons. The van der Waals surface area contributed by atoms with Crippen molar-refractivity contribution in [3.63, 3.8) is 0 Å². The normalized spacial score (nSPS) is 19.9. The largest absolute Gasteiger partial charge is 0.306 e. The van der Waals surface area contributed by atoms with Gasteiger partial charge in [-0.3, -0.25) is 14.6 Å². The molecule has 32 heavy (non-hydrogen) atoms. The molecule has 3 aromatic rings. The standard InChI is InChI=1S/C21H15Cl2N3O4S2/c1-32(29,30)16-11-31-18(17(16)23)20(28)26-9-8-25-19(27)14-6-7-24-10-15(14)21(25,26)12-2-4-13(22)5-3-12/h2-7,10-11H,8-9H2,1H3. The Labute approximate surface area is 198 Å². The molecule has 5 rings (SSSR count). The van der Waals surface area contributed by atoms with Gasteiger partial charge in [0.1, 0.15) is 4.88 Å². The Balaban J connectivity index is 1.73. The van der Waals surface area contributed by atoms with Gasteiger partial charge in [-0.15, -0.1) is 11.3 Å².